The van der Waals surface area contributed by atoms with E-state index in [4.69, 9.17) is 11.6 Å². The summed E-state index contributed by atoms with van der Waals surface area (Å²) in [6.07, 6.45) is 3.60. The van der Waals surface area contributed by atoms with Gasteiger partial charge in [-0.15, -0.1) is 0 Å². The number of rotatable bonds is 1. The van der Waals surface area contributed by atoms with Crippen LogP contribution < -0.4 is 22.3 Å². The van der Waals surface area contributed by atoms with Gasteiger partial charge in [-0.3, -0.25) is 0 Å². The van der Waals surface area contributed by atoms with E-state index in [1.165, 1.54) is 0 Å². The van der Waals surface area contributed by atoms with E-state index in [0.717, 1.165) is 11.5 Å². The average Bonchev–Trinajstić information content (AvgIpc) is 1.90. The molecule has 4 heteroatoms. The van der Waals surface area contributed by atoms with Crippen LogP contribution in [0.15, 0.2) is 23.7 Å². The average molecular weight is 126 g/mol. The monoisotopic (exact) mass is 126 g/mol. The van der Waals surface area contributed by atoms with Crippen molar-refractivity contribution >= 4 is 0 Å². The zero-order valence-electron chi connectivity index (χ0n) is 5.02. The number of hydrazine groups is 1. The summed E-state index contributed by atoms with van der Waals surface area (Å²) in [5.74, 6) is 5.89. The van der Waals surface area contributed by atoms with Crippen LogP contribution in [0.5, 0.6) is 0 Å². The summed E-state index contributed by atoms with van der Waals surface area (Å²) >= 11 is 0. The molecule has 0 atom stereocenters. The van der Waals surface area contributed by atoms with Gasteiger partial charge < -0.3 is 16.5 Å². The molecular weight excluding hydrogens is 116 g/mol. The third-order valence-corrected chi connectivity index (χ3v) is 1.10. The normalized spacial score (nSPS) is 17.4. The minimum Gasteiger partial charge on any atom is -0.401 e. The van der Waals surface area contributed by atoms with Gasteiger partial charge in [0.25, 0.3) is 0 Å². The maximum atomic E-state index is 5.44. The fourth-order valence-electron chi connectivity index (χ4n) is 0.605. The smallest absolute Gasteiger partial charge is 0.113 e. The van der Waals surface area contributed by atoms with Crippen molar-refractivity contribution in [3.63, 3.8) is 0 Å². The molecule has 0 saturated carbocycles. The van der Waals surface area contributed by atoms with Gasteiger partial charge in [0.2, 0.25) is 0 Å². The molecule has 4 nitrogen and oxygen atoms in total. The molecule has 0 fully saturated rings. The fourth-order valence-corrected chi connectivity index (χ4v) is 0.605. The highest BCUT2D eigenvalue weighted by Crippen LogP contribution is 1.93. The van der Waals surface area contributed by atoms with E-state index in [1.54, 1.807) is 6.08 Å². The lowest BCUT2D eigenvalue weighted by Gasteiger charge is -2.13. The Hall–Kier alpha value is -1.16. The van der Waals surface area contributed by atoms with Gasteiger partial charge in [-0.1, -0.05) is 0 Å². The molecule has 1 aliphatic heterocycles. The largest absolute Gasteiger partial charge is 0.401 e. The second-order valence-corrected chi connectivity index (χ2v) is 1.82. The number of hydrogen-bond acceptors (Lipinski definition) is 4. The highest BCUT2D eigenvalue weighted by molar-refractivity contribution is 5.20. The first-order chi connectivity index (χ1) is 4.33. The molecule has 0 amide bonds. The Balaban J connectivity index is 2.59. The molecule has 0 aromatic carbocycles. The molecule has 0 aromatic heterocycles. The van der Waals surface area contributed by atoms with E-state index in [2.05, 4.69) is 10.7 Å². The molecule has 6 N–H and O–H groups in total. The van der Waals surface area contributed by atoms with E-state index in [9.17, 15) is 0 Å². The first kappa shape index (κ1) is 5.97. The van der Waals surface area contributed by atoms with Crippen LogP contribution >= 0.6 is 0 Å². The van der Waals surface area contributed by atoms with Crippen LogP contribution in [0, 0.1) is 0 Å². The molecule has 0 unspecified atom stereocenters. The predicted octanol–water partition coefficient (Wildman–Crippen LogP) is -1.26. The van der Waals surface area contributed by atoms with Crippen molar-refractivity contribution in [2.24, 2.45) is 11.6 Å². The van der Waals surface area contributed by atoms with Crippen molar-refractivity contribution in [2.75, 3.05) is 6.54 Å². The number of nitrogens with two attached hydrogens (primary N) is 2. The van der Waals surface area contributed by atoms with Gasteiger partial charge in [0.05, 0.1) is 6.54 Å². The summed E-state index contributed by atoms with van der Waals surface area (Å²) in [6.45, 7) is 0.663. The lowest BCUT2D eigenvalue weighted by Crippen LogP contribution is -2.35. The third-order valence-electron chi connectivity index (χ3n) is 1.10. The molecule has 0 aromatic rings. The van der Waals surface area contributed by atoms with Crippen LogP contribution in [-0.4, -0.2) is 6.54 Å². The maximum Gasteiger partial charge on any atom is 0.113 e. The highest BCUT2D eigenvalue weighted by atomic mass is 15.3. The number of allylic oxidation sites excluding steroid dienone is 2. The summed E-state index contributed by atoms with van der Waals surface area (Å²) in [5.41, 5.74) is 8.73. The second-order valence-electron chi connectivity index (χ2n) is 1.82. The molecule has 1 rings (SSSR count). The van der Waals surface area contributed by atoms with Crippen LogP contribution in [0.1, 0.15) is 0 Å². The van der Waals surface area contributed by atoms with Crippen LogP contribution in [0.25, 0.3) is 0 Å². The molecular formula is C5H10N4. The SMILES string of the molecule is NNC1=CC=C(N)CN1. The number of hydrogen-bond donors (Lipinski definition) is 4. The summed E-state index contributed by atoms with van der Waals surface area (Å²) < 4.78 is 0. The van der Waals surface area contributed by atoms with Crippen molar-refractivity contribution in [1.29, 1.82) is 0 Å². The molecule has 1 aliphatic rings. The molecule has 0 spiro atoms. The highest BCUT2D eigenvalue weighted by Gasteiger charge is 1.97. The third kappa shape index (κ3) is 1.36. The van der Waals surface area contributed by atoms with Gasteiger partial charge in [0, 0.05) is 5.70 Å². The Kier molecular flexibility index (Phi) is 1.60. The van der Waals surface area contributed by atoms with E-state index >= 15 is 0 Å². The van der Waals surface area contributed by atoms with Gasteiger partial charge in [0.15, 0.2) is 0 Å². The van der Waals surface area contributed by atoms with Crippen molar-refractivity contribution < 1.29 is 0 Å². The van der Waals surface area contributed by atoms with Crippen molar-refractivity contribution in [3.05, 3.63) is 23.7 Å². The molecule has 9 heavy (non-hydrogen) atoms. The lowest BCUT2D eigenvalue weighted by atomic mass is 10.3. The Morgan fingerprint density at radius 3 is 2.78 bits per heavy atom. The molecule has 0 bridgehead atoms. The van der Waals surface area contributed by atoms with E-state index in [1.807, 2.05) is 6.08 Å². The number of nitrogens with one attached hydrogen (secondary N) is 2. The van der Waals surface area contributed by atoms with Crippen molar-refractivity contribution in [3.8, 4) is 0 Å². The van der Waals surface area contributed by atoms with Gasteiger partial charge in [0.1, 0.15) is 5.82 Å². The predicted molar refractivity (Wildman–Crippen MR) is 35.7 cm³/mol. The minimum absolute atomic E-state index is 0.663. The standard InChI is InChI=1S/C5H10N4/c6-4-1-2-5(9-7)8-3-4/h1-2,8-9H,3,6-7H2. The Morgan fingerprint density at radius 1 is 1.56 bits per heavy atom. The summed E-state index contributed by atoms with van der Waals surface area (Å²) in [5, 5.41) is 2.95. The Morgan fingerprint density at radius 2 is 2.33 bits per heavy atom. The lowest BCUT2D eigenvalue weighted by molar-refractivity contribution is 0.724. The molecule has 1 heterocycles. The van der Waals surface area contributed by atoms with Crippen LogP contribution in [0.2, 0.25) is 0 Å². The maximum absolute atomic E-state index is 5.44. The van der Waals surface area contributed by atoms with Crippen LogP contribution in [0.4, 0.5) is 0 Å². The molecule has 50 valence electrons. The topological polar surface area (TPSA) is 76.1 Å². The Labute approximate surface area is 53.6 Å². The first-order valence-electron chi connectivity index (χ1n) is 2.70. The second kappa shape index (κ2) is 2.41. The number of dihydropyridines is 1. The Bertz CT molecular complexity index is 158. The van der Waals surface area contributed by atoms with Gasteiger partial charge >= 0.3 is 0 Å². The van der Waals surface area contributed by atoms with Gasteiger partial charge in [-0.05, 0) is 12.2 Å². The summed E-state index contributed by atoms with van der Waals surface area (Å²) in [4.78, 5) is 0. The molecule has 0 radical (unpaired) electrons. The van der Waals surface area contributed by atoms with Crippen molar-refractivity contribution in [2.45, 2.75) is 0 Å². The van der Waals surface area contributed by atoms with E-state index in [0.29, 0.717) is 6.54 Å². The summed E-state index contributed by atoms with van der Waals surface area (Å²) in [7, 11) is 0. The van der Waals surface area contributed by atoms with Gasteiger partial charge in [-0.2, -0.15) is 0 Å². The summed E-state index contributed by atoms with van der Waals surface area (Å²) in [6, 6.07) is 0. The van der Waals surface area contributed by atoms with E-state index in [-0.39, 0.29) is 0 Å². The van der Waals surface area contributed by atoms with Crippen LogP contribution in [0.3, 0.4) is 0 Å². The molecule has 0 aliphatic carbocycles. The van der Waals surface area contributed by atoms with Gasteiger partial charge in [-0.25, -0.2) is 5.84 Å². The first-order valence-corrected chi connectivity index (χ1v) is 2.70. The zero-order valence-corrected chi connectivity index (χ0v) is 5.02. The van der Waals surface area contributed by atoms with Crippen LogP contribution in [-0.2, 0) is 0 Å². The zero-order chi connectivity index (χ0) is 6.69. The molecule has 0 saturated heterocycles. The fraction of sp³-hybridized carbons (Fsp3) is 0.200. The minimum atomic E-state index is 0.663. The van der Waals surface area contributed by atoms with Crippen molar-refractivity contribution in [1.82, 2.24) is 10.7 Å². The quantitative estimate of drug-likeness (QED) is 0.261. The van der Waals surface area contributed by atoms with E-state index < -0.39 is 0 Å².